The molecule has 0 heterocycles. The monoisotopic (exact) mass is 193 g/mol. The van der Waals surface area contributed by atoms with E-state index in [9.17, 15) is 4.39 Å². The van der Waals surface area contributed by atoms with Crippen molar-refractivity contribution in [1.29, 1.82) is 0 Å². The minimum absolute atomic E-state index is 0.310. The molecule has 0 amide bonds. The van der Waals surface area contributed by atoms with E-state index in [0.29, 0.717) is 12.1 Å². The summed E-state index contributed by atoms with van der Waals surface area (Å²) in [5.41, 5.74) is 0.485. The standard InChI is InChI=1S/C12H16FN/c1-4-5-8-12(13)10-11(2)7-6-9-14-3/h5,8,10,14H,2,4,9H2,1,3H3/b8-5-,12-10+. The summed E-state index contributed by atoms with van der Waals surface area (Å²) < 4.78 is 13.0. The highest BCUT2D eigenvalue weighted by Gasteiger charge is 1.87. The fourth-order valence-electron chi connectivity index (χ4n) is 0.727. The zero-order valence-electron chi connectivity index (χ0n) is 8.73. The van der Waals surface area contributed by atoms with Gasteiger partial charge in [0.25, 0.3) is 0 Å². The van der Waals surface area contributed by atoms with Crippen LogP contribution in [0, 0.1) is 11.8 Å². The first-order chi connectivity index (χ1) is 6.70. The van der Waals surface area contributed by atoms with Crippen molar-refractivity contribution in [2.45, 2.75) is 13.3 Å². The number of hydrogen-bond acceptors (Lipinski definition) is 1. The van der Waals surface area contributed by atoms with Gasteiger partial charge in [0.05, 0.1) is 6.54 Å². The Kier molecular flexibility index (Phi) is 7.49. The first kappa shape index (κ1) is 12.7. The average Bonchev–Trinajstić information content (AvgIpc) is 2.15. The molecule has 0 unspecified atom stereocenters. The lowest BCUT2D eigenvalue weighted by Crippen LogP contribution is -2.04. The van der Waals surface area contributed by atoms with Crippen LogP contribution in [0.25, 0.3) is 0 Å². The van der Waals surface area contributed by atoms with Crippen LogP contribution >= 0.6 is 0 Å². The molecule has 0 bridgehead atoms. The van der Waals surface area contributed by atoms with Gasteiger partial charge in [0, 0.05) is 5.57 Å². The molecule has 0 saturated heterocycles. The molecule has 14 heavy (non-hydrogen) atoms. The van der Waals surface area contributed by atoms with E-state index >= 15 is 0 Å². The summed E-state index contributed by atoms with van der Waals surface area (Å²) >= 11 is 0. The first-order valence-electron chi connectivity index (χ1n) is 4.56. The van der Waals surface area contributed by atoms with Crippen molar-refractivity contribution in [3.8, 4) is 11.8 Å². The zero-order valence-corrected chi connectivity index (χ0v) is 8.73. The Morgan fingerprint density at radius 2 is 2.29 bits per heavy atom. The van der Waals surface area contributed by atoms with Crippen molar-refractivity contribution in [3.63, 3.8) is 0 Å². The van der Waals surface area contributed by atoms with Crippen LogP contribution in [-0.2, 0) is 0 Å². The SMILES string of the molecule is C=C(C#CCNC)/C=C(F)\C=C/CC. The van der Waals surface area contributed by atoms with E-state index in [0.717, 1.165) is 6.42 Å². The fourth-order valence-corrected chi connectivity index (χ4v) is 0.727. The molecule has 1 N–H and O–H groups in total. The lowest BCUT2D eigenvalue weighted by Gasteiger charge is -1.88. The number of halogens is 1. The van der Waals surface area contributed by atoms with Gasteiger partial charge in [0.15, 0.2) is 0 Å². The van der Waals surface area contributed by atoms with Gasteiger partial charge >= 0.3 is 0 Å². The summed E-state index contributed by atoms with van der Waals surface area (Å²) in [4.78, 5) is 0. The van der Waals surface area contributed by atoms with Crippen LogP contribution in [0.1, 0.15) is 13.3 Å². The summed E-state index contributed by atoms with van der Waals surface area (Å²) in [5, 5.41) is 2.87. The molecule has 0 aromatic rings. The number of nitrogens with one attached hydrogen (secondary N) is 1. The highest BCUT2D eigenvalue weighted by Crippen LogP contribution is 2.03. The van der Waals surface area contributed by atoms with Gasteiger partial charge in [-0.05, 0) is 25.6 Å². The lowest BCUT2D eigenvalue weighted by molar-refractivity contribution is 0.666. The van der Waals surface area contributed by atoms with Crippen LogP contribution in [0.3, 0.4) is 0 Å². The predicted octanol–water partition coefficient (Wildman–Crippen LogP) is 2.59. The summed E-state index contributed by atoms with van der Waals surface area (Å²) in [6.45, 7) is 6.16. The van der Waals surface area contributed by atoms with Crippen LogP contribution in [0.15, 0.2) is 36.2 Å². The Balaban J connectivity index is 4.17. The lowest BCUT2D eigenvalue weighted by atomic mass is 10.2. The smallest absolute Gasteiger partial charge is 0.124 e. The molecule has 2 heteroatoms. The van der Waals surface area contributed by atoms with Crippen molar-refractivity contribution in [1.82, 2.24) is 5.32 Å². The maximum absolute atomic E-state index is 13.0. The fraction of sp³-hybridized carbons (Fsp3) is 0.333. The highest BCUT2D eigenvalue weighted by molar-refractivity contribution is 5.38. The maximum atomic E-state index is 13.0. The summed E-state index contributed by atoms with van der Waals surface area (Å²) in [7, 11) is 1.80. The molecule has 0 fully saturated rings. The summed E-state index contributed by atoms with van der Waals surface area (Å²) in [6.07, 6.45) is 5.32. The Hall–Kier alpha value is -1.33. The molecule has 0 aliphatic rings. The molecule has 0 aromatic carbocycles. The molecule has 1 nitrogen and oxygen atoms in total. The second kappa shape index (κ2) is 8.28. The molecular weight excluding hydrogens is 177 g/mol. The zero-order chi connectivity index (χ0) is 10.8. The molecule has 76 valence electrons. The van der Waals surface area contributed by atoms with Gasteiger partial charge in [0.2, 0.25) is 0 Å². The van der Waals surface area contributed by atoms with E-state index in [-0.39, 0.29) is 5.83 Å². The third-order valence-electron chi connectivity index (χ3n) is 1.34. The second-order valence-electron chi connectivity index (χ2n) is 2.70. The second-order valence-corrected chi connectivity index (χ2v) is 2.70. The van der Waals surface area contributed by atoms with E-state index in [1.54, 1.807) is 13.1 Å². The topological polar surface area (TPSA) is 12.0 Å². The van der Waals surface area contributed by atoms with Crippen LogP contribution in [0.2, 0.25) is 0 Å². The van der Waals surface area contributed by atoms with E-state index in [1.165, 1.54) is 12.2 Å². The maximum Gasteiger partial charge on any atom is 0.124 e. The van der Waals surface area contributed by atoms with Crippen LogP contribution in [0.4, 0.5) is 4.39 Å². The van der Waals surface area contributed by atoms with Gasteiger partial charge in [0.1, 0.15) is 5.83 Å². The molecule has 0 spiro atoms. The normalized spacial score (nSPS) is 11.2. The Labute approximate surface area is 85.4 Å². The van der Waals surface area contributed by atoms with Crippen LogP contribution in [0.5, 0.6) is 0 Å². The van der Waals surface area contributed by atoms with Gasteiger partial charge in [-0.1, -0.05) is 31.4 Å². The molecular formula is C12H16FN. The van der Waals surface area contributed by atoms with E-state index in [1.807, 2.05) is 6.92 Å². The van der Waals surface area contributed by atoms with Crippen LogP contribution < -0.4 is 5.32 Å². The molecule has 0 aliphatic carbocycles. The Morgan fingerprint density at radius 1 is 1.57 bits per heavy atom. The van der Waals surface area contributed by atoms with Gasteiger partial charge in [-0.3, -0.25) is 0 Å². The van der Waals surface area contributed by atoms with Gasteiger partial charge < -0.3 is 5.32 Å². The van der Waals surface area contributed by atoms with Gasteiger partial charge in [-0.2, -0.15) is 0 Å². The van der Waals surface area contributed by atoms with Crippen molar-refractivity contribution >= 4 is 0 Å². The first-order valence-corrected chi connectivity index (χ1v) is 4.56. The quantitative estimate of drug-likeness (QED) is 0.534. The molecule has 0 rings (SSSR count). The minimum Gasteiger partial charge on any atom is -0.309 e. The average molecular weight is 193 g/mol. The largest absolute Gasteiger partial charge is 0.309 e. The van der Waals surface area contributed by atoms with Crippen molar-refractivity contribution in [2.24, 2.45) is 0 Å². The van der Waals surface area contributed by atoms with Gasteiger partial charge in [-0.15, -0.1) is 0 Å². The van der Waals surface area contributed by atoms with Crippen molar-refractivity contribution in [3.05, 3.63) is 36.2 Å². The number of hydrogen-bond donors (Lipinski definition) is 1. The molecule has 0 atom stereocenters. The van der Waals surface area contributed by atoms with Gasteiger partial charge in [-0.25, -0.2) is 4.39 Å². The Bertz CT molecular complexity index is 289. The highest BCUT2D eigenvalue weighted by atomic mass is 19.1. The van der Waals surface area contributed by atoms with Crippen molar-refractivity contribution in [2.75, 3.05) is 13.6 Å². The number of allylic oxidation sites excluding steroid dienone is 5. The molecule has 0 aliphatic heterocycles. The van der Waals surface area contributed by atoms with E-state index in [4.69, 9.17) is 0 Å². The van der Waals surface area contributed by atoms with E-state index < -0.39 is 0 Å². The molecule has 0 saturated carbocycles. The predicted molar refractivity (Wildman–Crippen MR) is 59.5 cm³/mol. The molecule has 0 radical (unpaired) electrons. The summed E-state index contributed by atoms with van der Waals surface area (Å²) in [6, 6.07) is 0. The third kappa shape index (κ3) is 7.33. The summed E-state index contributed by atoms with van der Waals surface area (Å²) in [5.74, 6) is 5.22. The van der Waals surface area contributed by atoms with E-state index in [2.05, 4.69) is 23.7 Å². The van der Waals surface area contributed by atoms with Crippen LogP contribution in [-0.4, -0.2) is 13.6 Å². The third-order valence-corrected chi connectivity index (χ3v) is 1.34. The number of rotatable bonds is 4. The van der Waals surface area contributed by atoms with Crippen molar-refractivity contribution < 1.29 is 4.39 Å². The minimum atomic E-state index is -0.310. The molecule has 0 aromatic heterocycles. The Morgan fingerprint density at radius 3 is 2.86 bits per heavy atom.